The Bertz CT molecular complexity index is 595. The number of benzene rings is 1. The largest absolute Gasteiger partial charge is 0.394 e. The van der Waals surface area contributed by atoms with E-state index in [1.54, 1.807) is 16.2 Å². The highest BCUT2D eigenvalue weighted by Crippen LogP contribution is 2.27. The maximum absolute atomic E-state index is 12.6. The van der Waals surface area contributed by atoms with Crippen molar-refractivity contribution in [2.24, 2.45) is 0 Å². The highest BCUT2D eigenvalue weighted by atomic mass is 32.1. The van der Waals surface area contributed by atoms with Gasteiger partial charge >= 0.3 is 0 Å². The first-order valence-electron chi connectivity index (χ1n) is 6.27. The zero-order valence-corrected chi connectivity index (χ0v) is 11.2. The molecular weight excluding hydrogens is 262 g/mol. The number of fused-ring (bicyclic) bond motifs is 1. The van der Waals surface area contributed by atoms with E-state index in [2.05, 4.69) is 0 Å². The molecule has 1 saturated heterocycles. The van der Waals surface area contributed by atoms with E-state index in [1.165, 1.54) is 0 Å². The molecule has 2 aromatic rings. The maximum atomic E-state index is 12.6. The molecule has 4 nitrogen and oxygen atoms in total. The van der Waals surface area contributed by atoms with Crippen LogP contribution in [0.15, 0.2) is 29.6 Å². The van der Waals surface area contributed by atoms with Crippen LogP contribution in [0, 0.1) is 0 Å². The predicted molar refractivity (Wildman–Crippen MR) is 74.6 cm³/mol. The van der Waals surface area contributed by atoms with Crippen LogP contribution in [0.4, 0.5) is 0 Å². The van der Waals surface area contributed by atoms with Crippen LogP contribution in [0.25, 0.3) is 10.1 Å². The van der Waals surface area contributed by atoms with Gasteiger partial charge in [-0.1, -0.05) is 18.2 Å². The van der Waals surface area contributed by atoms with Crippen LogP contribution in [0.1, 0.15) is 10.4 Å². The highest BCUT2D eigenvalue weighted by Gasteiger charge is 2.28. The summed E-state index contributed by atoms with van der Waals surface area (Å²) < 4.78 is 6.42. The van der Waals surface area contributed by atoms with Crippen molar-refractivity contribution in [1.82, 2.24) is 4.90 Å². The van der Waals surface area contributed by atoms with E-state index in [0.717, 1.165) is 15.6 Å². The number of carbonyl (C=O) groups excluding carboxylic acids is 1. The summed E-state index contributed by atoms with van der Waals surface area (Å²) in [6.45, 7) is 1.41. The SMILES string of the molecule is O=C(c1csc2ccccc12)N1CCOCC1CO. The van der Waals surface area contributed by atoms with Crippen LogP contribution in [0.5, 0.6) is 0 Å². The highest BCUT2D eigenvalue weighted by molar-refractivity contribution is 7.17. The minimum absolute atomic E-state index is 0.0141. The van der Waals surface area contributed by atoms with Crippen molar-refractivity contribution in [3.05, 3.63) is 35.2 Å². The van der Waals surface area contributed by atoms with Gasteiger partial charge in [0.15, 0.2) is 0 Å². The molecule has 0 saturated carbocycles. The van der Waals surface area contributed by atoms with E-state index in [1.807, 2.05) is 29.6 Å². The summed E-state index contributed by atoms with van der Waals surface area (Å²) in [5.41, 5.74) is 0.723. The van der Waals surface area contributed by atoms with Gasteiger partial charge in [-0.15, -0.1) is 11.3 Å². The fraction of sp³-hybridized carbons (Fsp3) is 0.357. The minimum atomic E-state index is -0.236. The van der Waals surface area contributed by atoms with Gasteiger partial charge in [0.1, 0.15) is 0 Å². The molecule has 5 heteroatoms. The predicted octanol–water partition coefficient (Wildman–Crippen LogP) is 1.73. The molecule has 3 rings (SSSR count). The number of rotatable bonds is 2. The molecule has 100 valence electrons. The van der Waals surface area contributed by atoms with Crippen molar-refractivity contribution >= 4 is 27.3 Å². The van der Waals surface area contributed by atoms with Gasteiger partial charge in [0, 0.05) is 22.0 Å². The second-order valence-corrected chi connectivity index (χ2v) is 5.47. The quantitative estimate of drug-likeness (QED) is 0.909. The summed E-state index contributed by atoms with van der Waals surface area (Å²) in [6, 6.07) is 7.65. The van der Waals surface area contributed by atoms with Crippen molar-refractivity contribution in [2.75, 3.05) is 26.4 Å². The molecule has 1 aromatic carbocycles. The maximum Gasteiger partial charge on any atom is 0.255 e. The van der Waals surface area contributed by atoms with Gasteiger partial charge in [0.05, 0.1) is 31.4 Å². The molecule has 1 aromatic heterocycles. The molecule has 1 amide bonds. The molecule has 1 unspecified atom stereocenters. The molecule has 1 aliphatic heterocycles. The Morgan fingerprint density at radius 3 is 3.16 bits per heavy atom. The molecular formula is C14H15NO3S. The first-order valence-corrected chi connectivity index (χ1v) is 7.15. The van der Waals surface area contributed by atoms with E-state index in [-0.39, 0.29) is 18.6 Å². The lowest BCUT2D eigenvalue weighted by atomic mass is 10.1. The number of aliphatic hydroxyl groups excluding tert-OH is 1. The standard InChI is InChI=1S/C14H15NO3S/c16-7-10-8-18-6-5-15(10)14(17)12-9-19-13-4-2-1-3-11(12)13/h1-4,9-10,16H,5-8H2. The second-order valence-electron chi connectivity index (χ2n) is 4.56. The Balaban J connectivity index is 1.94. The van der Waals surface area contributed by atoms with Gasteiger partial charge in [0.2, 0.25) is 0 Å². The Kier molecular flexibility index (Phi) is 3.50. The minimum Gasteiger partial charge on any atom is -0.394 e. The van der Waals surface area contributed by atoms with Gasteiger partial charge in [-0.2, -0.15) is 0 Å². The van der Waals surface area contributed by atoms with E-state index in [9.17, 15) is 9.90 Å². The van der Waals surface area contributed by atoms with Crippen LogP contribution in [-0.2, 0) is 4.74 Å². The molecule has 1 aliphatic rings. The lowest BCUT2D eigenvalue weighted by Crippen LogP contribution is -2.50. The zero-order valence-electron chi connectivity index (χ0n) is 10.4. The van der Waals surface area contributed by atoms with E-state index in [0.29, 0.717) is 19.8 Å². The third kappa shape index (κ3) is 2.25. The summed E-state index contributed by atoms with van der Waals surface area (Å²) in [5, 5.41) is 12.2. The second kappa shape index (κ2) is 5.28. The molecule has 1 N–H and O–H groups in total. The number of hydrogen-bond donors (Lipinski definition) is 1. The smallest absolute Gasteiger partial charge is 0.255 e. The number of ether oxygens (including phenoxy) is 1. The number of morpholine rings is 1. The van der Waals surface area contributed by atoms with Crippen LogP contribution in [0.2, 0.25) is 0 Å². The van der Waals surface area contributed by atoms with Crippen LogP contribution in [0.3, 0.4) is 0 Å². The van der Waals surface area contributed by atoms with Gasteiger partial charge in [0.25, 0.3) is 5.91 Å². The average Bonchev–Trinajstić information content (AvgIpc) is 2.90. The molecule has 1 fully saturated rings. The van der Waals surface area contributed by atoms with Gasteiger partial charge < -0.3 is 14.7 Å². The molecule has 0 radical (unpaired) electrons. The van der Waals surface area contributed by atoms with Crippen molar-refractivity contribution in [1.29, 1.82) is 0 Å². The number of amides is 1. The summed E-state index contributed by atoms with van der Waals surface area (Å²) in [7, 11) is 0. The van der Waals surface area contributed by atoms with Gasteiger partial charge in [-0.25, -0.2) is 0 Å². The Labute approximate surface area is 115 Å². The molecule has 2 heterocycles. The van der Waals surface area contributed by atoms with Crippen LogP contribution < -0.4 is 0 Å². The number of thiophene rings is 1. The summed E-state index contributed by atoms with van der Waals surface area (Å²) >= 11 is 1.57. The van der Waals surface area contributed by atoms with E-state index >= 15 is 0 Å². The lowest BCUT2D eigenvalue weighted by Gasteiger charge is -2.34. The number of carbonyl (C=O) groups is 1. The fourth-order valence-electron chi connectivity index (χ4n) is 2.37. The fourth-order valence-corrected chi connectivity index (χ4v) is 3.31. The zero-order chi connectivity index (χ0) is 13.2. The van der Waals surface area contributed by atoms with E-state index < -0.39 is 0 Å². The Morgan fingerprint density at radius 2 is 2.32 bits per heavy atom. The molecule has 19 heavy (non-hydrogen) atoms. The third-order valence-electron chi connectivity index (χ3n) is 3.41. The topological polar surface area (TPSA) is 49.8 Å². The number of nitrogens with zero attached hydrogens (tertiary/aromatic N) is 1. The monoisotopic (exact) mass is 277 g/mol. The Hall–Kier alpha value is -1.43. The Morgan fingerprint density at radius 1 is 1.47 bits per heavy atom. The normalized spacial score (nSPS) is 19.8. The first-order chi connectivity index (χ1) is 9.31. The van der Waals surface area contributed by atoms with Crippen molar-refractivity contribution in [3.63, 3.8) is 0 Å². The molecule has 0 spiro atoms. The number of hydrogen-bond acceptors (Lipinski definition) is 4. The van der Waals surface area contributed by atoms with Gasteiger partial charge in [-0.3, -0.25) is 4.79 Å². The van der Waals surface area contributed by atoms with Crippen molar-refractivity contribution < 1.29 is 14.6 Å². The lowest BCUT2D eigenvalue weighted by molar-refractivity contribution is -0.0182. The van der Waals surface area contributed by atoms with Crippen molar-refractivity contribution in [2.45, 2.75) is 6.04 Å². The molecule has 1 atom stereocenters. The average molecular weight is 277 g/mol. The summed E-state index contributed by atoms with van der Waals surface area (Å²) in [6.07, 6.45) is 0. The molecule has 0 aliphatic carbocycles. The van der Waals surface area contributed by atoms with Crippen LogP contribution >= 0.6 is 11.3 Å². The summed E-state index contributed by atoms with van der Waals surface area (Å²) in [5.74, 6) is -0.0141. The number of aliphatic hydroxyl groups is 1. The summed E-state index contributed by atoms with van der Waals surface area (Å²) in [4.78, 5) is 14.3. The van der Waals surface area contributed by atoms with Gasteiger partial charge in [-0.05, 0) is 6.07 Å². The first kappa shape index (κ1) is 12.6. The third-order valence-corrected chi connectivity index (χ3v) is 4.37. The van der Waals surface area contributed by atoms with E-state index in [4.69, 9.17) is 4.74 Å². The molecule has 0 bridgehead atoms. The van der Waals surface area contributed by atoms with Crippen LogP contribution in [-0.4, -0.2) is 48.3 Å². The van der Waals surface area contributed by atoms with Crippen molar-refractivity contribution in [3.8, 4) is 0 Å².